The van der Waals surface area contributed by atoms with Crippen LogP contribution in [0.4, 0.5) is 0 Å². The first-order valence-electron chi connectivity index (χ1n) is 12.1. The van der Waals surface area contributed by atoms with Crippen LogP contribution in [0.1, 0.15) is 77.6 Å². The molecule has 4 rings (SSSR count). The fourth-order valence-corrected chi connectivity index (χ4v) is 9.96. The smallest absolute Gasteiger partial charge is 0.186 e. The summed E-state index contributed by atoms with van der Waals surface area (Å²) in [6.07, 6.45) is 11.5. The molecule has 1 spiro atoms. The molecular formula is C24H39N3O2S2. The van der Waals surface area contributed by atoms with Gasteiger partial charge in [-0.05, 0) is 80.6 Å². The van der Waals surface area contributed by atoms with Gasteiger partial charge in [0.2, 0.25) is 0 Å². The van der Waals surface area contributed by atoms with Gasteiger partial charge in [0.25, 0.3) is 0 Å². The largest absolute Gasteiger partial charge is 0.396 e. The van der Waals surface area contributed by atoms with Gasteiger partial charge in [-0.1, -0.05) is 40.5 Å². The van der Waals surface area contributed by atoms with E-state index in [9.17, 15) is 9.90 Å². The molecule has 2 saturated carbocycles. The first kappa shape index (κ1) is 23.5. The Hall–Kier alpha value is -0.660. The maximum absolute atomic E-state index is 13.4. The highest BCUT2D eigenvalue weighted by atomic mass is 33.1. The van der Waals surface area contributed by atoms with Gasteiger partial charge in [-0.15, -0.1) is 0 Å². The van der Waals surface area contributed by atoms with Crippen LogP contribution in [0.5, 0.6) is 0 Å². The van der Waals surface area contributed by atoms with E-state index in [0.29, 0.717) is 11.7 Å². The van der Waals surface area contributed by atoms with Gasteiger partial charge in [-0.25, -0.2) is 4.99 Å². The highest BCUT2D eigenvalue weighted by Crippen LogP contribution is 2.74. The lowest BCUT2D eigenvalue weighted by molar-refractivity contribution is -0.121. The Morgan fingerprint density at radius 2 is 2.06 bits per heavy atom. The van der Waals surface area contributed by atoms with Crippen molar-refractivity contribution >= 4 is 33.3 Å². The van der Waals surface area contributed by atoms with E-state index >= 15 is 0 Å². The van der Waals surface area contributed by atoms with E-state index < -0.39 is 0 Å². The monoisotopic (exact) mass is 465 g/mol. The zero-order valence-electron chi connectivity index (χ0n) is 18.9. The normalized spacial score (nSPS) is 38.4. The van der Waals surface area contributed by atoms with Crippen molar-refractivity contribution in [3.8, 4) is 0 Å². The number of carbonyl (C=O) groups excluding carboxylic acids is 1. The second-order valence-corrected chi connectivity index (χ2v) is 12.9. The number of aliphatic hydroxyl groups excluding tert-OH is 1. The summed E-state index contributed by atoms with van der Waals surface area (Å²) in [6, 6.07) is 0.137. The standard InChI is InChI=1S/C24H39N3O2S2/c1-23-10-12-30-31-15-18(27-22(25)26)6-4-7-19-20-13-17(23)9-8-16(5-2-3-11-28)24(20,23)14-21(19)29/h16-18,28H,2-15H2,1H3,(H4,25,26,27). The molecule has 174 valence electrons. The molecule has 4 aliphatic rings. The number of ketones is 1. The number of aliphatic imine (C=N–C) groups is 1. The lowest BCUT2D eigenvalue weighted by Crippen LogP contribution is -2.48. The van der Waals surface area contributed by atoms with E-state index in [4.69, 9.17) is 11.5 Å². The van der Waals surface area contributed by atoms with E-state index in [1.54, 1.807) is 5.57 Å². The topological polar surface area (TPSA) is 102 Å². The highest BCUT2D eigenvalue weighted by molar-refractivity contribution is 8.76. The van der Waals surface area contributed by atoms with Crippen LogP contribution in [0.15, 0.2) is 16.1 Å². The van der Waals surface area contributed by atoms with Crippen molar-refractivity contribution in [2.75, 3.05) is 18.1 Å². The second kappa shape index (κ2) is 9.68. The number of guanidine groups is 1. The van der Waals surface area contributed by atoms with Crippen LogP contribution in [-0.2, 0) is 4.79 Å². The number of nitrogens with zero attached hydrogens (tertiary/aromatic N) is 1. The molecule has 0 aromatic carbocycles. The van der Waals surface area contributed by atoms with Gasteiger partial charge in [0.1, 0.15) is 0 Å². The van der Waals surface area contributed by atoms with Crippen LogP contribution in [0.2, 0.25) is 0 Å². The number of hydrogen-bond donors (Lipinski definition) is 3. The fourth-order valence-electron chi connectivity index (χ4n) is 7.48. The Kier molecular flexibility index (Phi) is 7.34. The minimum Gasteiger partial charge on any atom is -0.396 e. The lowest BCUT2D eigenvalue weighted by atomic mass is 9.50. The van der Waals surface area contributed by atoms with Gasteiger partial charge in [0.15, 0.2) is 11.7 Å². The first-order chi connectivity index (χ1) is 14.9. The van der Waals surface area contributed by atoms with E-state index in [0.717, 1.165) is 68.8 Å². The van der Waals surface area contributed by atoms with Crippen molar-refractivity contribution in [2.45, 2.75) is 83.6 Å². The Morgan fingerprint density at radius 1 is 1.23 bits per heavy atom. The van der Waals surface area contributed by atoms with Gasteiger partial charge < -0.3 is 16.6 Å². The maximum Gasteiger partial charge on any atom is 0.186 e. The van der Waals surface area contributed by atoms with E-state index in [-0.39, 0.29) is 29.4 Å². The van der Waals surface area contributed by atoms with Crippen LogP contribution in [-0.4, -0.2) is 41.0 Å². The number of hydrogen-bond acceptors (Lipinski definition) is 5. The molecule has 7 heteroatoms. The number of unbranched alkanes of at least 4 members (excludes halogenated alkanes) is 1. The number of rotatable bonds is 5. The Balaban J connectivity index is 1.66. The average molecular weight is 466 g/mol. The van der Waals surface area contributed by atoms with Crippen LogP contribution < -0.4 is 11.5 Å². The first-order valence-corrected chi connectivity index (χ1v) is 14.6. The molecule has 5 atom stereocenters. The van der Waals surface area contributed by atoms with Gasteiger partial charge in [0, 0.05) is 29.9 Å². The third kappa shape index (κ3) is 4.19. The SMILES string of the molecule is CC12CCSSCC(N=C(N)N)CCCC3=C4CC1CCC(CCCCO)C42CC3=O. The second-order valence-electron chi connectivity index (χ2n) is 10.3. The predicted octanol–water partition coefficient (Wildman–Crippen LogP) is 4.44. The number of carbonyl (C=O) groups is 1. The van der Waals surface area contributed by atoms with Crippen molar-refractivity contribution in [3.63, 3.8) is 0 Å². The Morgan fingerprint density at radius 3 is 2.84 bits per heavy atom. The third-order valence-electron chi connectivity index (χ3n) is 8.91. The summed E-state index contributed by atoms with van der Waals surface area (Å²) in [5, 5.41) is 9.33. The molecule has 5 nitrogen and oxygen atoms in total. The molecule has 0 aromatic heterocycles. The molecule has 31 heavy (non-hydrogen) atoms. The molecule has 0 amide bonds. The zero-order valence-corrected chi connectivity index (χ0v) is 20.5. The summed E-state index contributed by atoms with van der Waals surface area (Å²) < 4.78 is 0. The summed E-state index contributed by atoms with van der Waals surface area (Å²) in [5.74, 6) is 3.96. The molecule has 3 aliphatic carbocycles. The number of Topliss-reactive ketones (excluding diaryl/α,β-unsaturated/α-hetero) is 1. The van der Waals surface area contributed by atoms with E-state index in [2.05, 4.69) is 11.9 Å². The van der Waals surface area contributed by atoms with Crippen LogP contribution in [0.25, 0.3) is 0 Å². The van der Waals surface area contributed by atoms with Crippen molar-refractivity contribution in [1.82, 2.24) is 0 Å². The van der Waals surface area contributed by atoms with Crippen LogP contribution >= 0.6 is 21.6 Å². The molecule has 1 heterocycles. The van der Waals surface area contributed by atoms with E-state index in [1.807, 2.05) is 21.6 Å². The summed E-state index contributed by atoms with van der Waals surface area (Å²) in [7, 11) is 3.86. The van der Waals surface area contributed by atoms with Gasteiger partial charge in [-0.3, -0.25) is 4.79 Å². The van der Waals surface area contributed by atoms with Crippen molar-refractivity contribution in [2.24, 2.45) is 39.1 Å². The van der Waals surface area contributed by atoms with Gasteiger partial charge >= 0.3 is 0 Å². The molecular weight excluding hydrogens is 426 g/mol. The minimum absolute atomic E-state index is 0.0797. The lowest BCUT2D eigenvalue weighted by Gasteiger charge is -2.54. The highest BCUT2D eigenvalue weighted by Gasteiger charge is 2.67. The predicted molar refractivity (Wildman–Crippen MR) is 132 cm³/mol. The molecule has 0 saturated heterocycles. The van der Waals surface area contributed by atoms with Gasteiger partial charge in [0.05, 0.1) is 6.04 Å². The molecule has 5 N–H and O–H groups in total. The summed E-state index contributed by atoms with van der Waals surface area (Å²) >= 11 is 0. The summed E-state index contributed by atoms with van der Waals surface area (Å²) in [5.41, 5.74) is 14.4. The fraction of sp³-hybridized carbons (Fsp3) is 0.833. The molecule has 1 aliphatic heterocycles. The third-order valence-corrected chi connectivity index (χ3v) is 11.4. The van der Waals surface area contributed by atoms with Crippen molar-refractivity contribution < 1.29 is 9.90 Å². The van der Waals surface area contributed by atoms with Gasteiger partial charge in [-0.2, -0.15) is 0 Å². The van der Waals surface area contributed by atoms with E-state index in [1.165, 1.54) is 24.8 Å². The van der Waals surface area contributed by atoms with Crippen LogP contribution in [0.3, 0.4) is 0 Å². The maximum atomic E-state index is 13.4. The number of allylic oxidation sites excluding steroid dienone is 2. The summed E-state index contributed by atoms with van der Waals surface area (Å²) in [6.45, 7) is 2.80. The Bertz CT molecular complexity index is 751. The minimum atomic E-state index is 0.0797. The molecule has 5 bridgehead atoms. The zero-order chi connectivity index (χ0) is 22.1. The van der Waals surface area contributed by atoms with Crippen LogP contribution in [0, 0.1) is 22.7 Å². The quantitative estimate of drug-likeness (QED) is 0.240. The number of aliphatic hydroxyl groups is 1. The average Bonchev–Trinajstić information content (AvgIpc) is 3.04. The number of nitrogens with two attached hydrogens (primary N) is 2. The molecule has 0 radical (unpaired) electrons. The van der Waals surface area contributed by atoms with Crippen molar-refractivity contribution in [3.05, 3.63) is 11.1 Å². The molecule has 5 unspecified atom stereocenters. The summed E-state index contributed by atoms with van der Waals surface area (Å²) in [4.78, 5) is 17.9. The molecule has 2 fully saturated rings. The Labute approximate surface area is 195 Å². The molecule has 0 aromatic rings. The van der Waals surface area contributed by atoms with Crippen molar-refractivity contribution in [1.29, 1.82) is 0 Å².